The van der Waals surface area contributed by atoms with E-state index in [9.17, 15) is 9.59 Å². The molecule has 3 heterocycles. The molecule has 0 saturated carbocycles. The van der Waals surface area contributed by atoms with Gasteiger partial charge in [-0.1, -0.05) is 0 Å². The normalized spacial score (nSPS) is 18.2. The number of hydrogen-bond donors (Lipinski definition) is 3. The number of aryl methyl sites for hydroxylation is 1. The van der Waals surface area contributed by atoms with Gasteiger partial charge in [0.05, 0.1) is 11.6 Å². The Morgan fingerprint density at radius 2 is 2.32 bits per heavy atom. The number of H-pyrrole nitrogens is 1. The van der Waals surface area contributed by atoms with Crippen molar-refractivity contribution in [3.8, 4) is 11.4 Å². The molecule has 3 rings (SSSR count). The number of carbonyl (C=O) groups is 2. The Morgan fingerprint density at radius 1 is 1.48 bits per heavy atom. The van der Waals surface area contributed by atoms with E-state index >= 15 is 0 Å². The Bertz CT molecular complexity index is 750. The largest absolute Gasteiger partial charge is 0.369 e. The molecule has 1 saturated heterocycles. The summed E-state index contributed by atoms with van der Waals surface area (Å²) in [6.45, 7) is 2.82. The van der Waals surface area contributed by atoms with E-state index in [1.54, 1.807) is 6.07 Å². The molecule has 1 aliphatic rings. The van der Waals surface area contributed by atoms with Crippen LogP contribution in [0.1, 0.15) is 23.3 Å². The van der Waals surface area contributed by atoms with Gasteiger partial charge >= 0.3 is 0 Å². The fourth-order valence-corrected chi connectivity index (χ4v) is 3.21. The first kappa shape index (κ1) is 17.2. The topological polar surface area (TPSA) is 109 Å². The highest BCUT2D eigenvalue weighted by atomic mass is 16.2. The van der Waals surface area contributed by atoms with Crippen molar-refractivity contribution in [2.75, 3.05) is 26.2 Å². The molecule has 0 spiro atoms. The van der Waals surface area contributed by atoms with Crippen molar-refractivity contribution in [2.45, 2.75) is 12.8 Å². The number of hydrogen-bond acceptors (Lipinski definition) is 4. The summed E-state index contributed by atoms with van der Waals surface area (Å²) in [6, 6.07) is 5.62. The van der Waals surface area contributed by atoms with Crippen molar-refractivity contribution in [3.63, 3.8) is 0 Å². The Kier molecular flexibility index (Phi) is 5.18. The Balaban J connectivity index is 1.49. The first-order chi connectivity index (χ1) is 12.0. The molecular formula is C17H24N6O2. The molecule has 2 aromatic heterocycles. The number of aromatic nitrogens is 3. The summed E-state index contributed by atoms with van der Waals surface area (Å²) in [5.74, 6) is -0.499. The van der Waals surface area contributed by atoms with Gasteiger partial charge in [0, 0.05) is 32.9 Å². The SMILES string of the molecule is Cn1cccc1-c1cc(C(=O)NCCN2CCC[C@@H](C(N)=O)C2)[nH]n1. The predicted octanol–water partition coefficient (Wildman–Crippen LogP) is 0.342. The molecule has 1 fully saturated rings. The van der Waals surface area contributed by atoms with Gasteiger partial charge < -0.3 is 20.5 Å². The summed E-state index contributed by atoms with van der Waals surface area (Å²) in [5.41, 5.74) is 7.50. The number of rotatable bonds is 6. The van der Waals surface area contributed by atoms with Gasteiger partial charge in [0.1, 0.15) is 11.4 Å². The molecule has 4 N–H and O–H groups in total. The van der Waals surface area contributed by atoms with Crippen LogP contribution < -0.4 is 11.1 Å². The van der Waals surface area contributed by atoms with Crippen LogP contribution in [0.15, 0.2) is 24.4 Å². The molecule has 2 aromatic rings. The molecule has 8 heteroatoms. The van der Waals surface area contributed by atoms with Gasteiger partial charge in [0.25, 0.3) is 5.91 Å². The first-order valence-corrected chi connectivity index (χ1v) is 8.51. The molecule has 8 nitrogen and oxygen atoms in total. The number of nitrogens with one attached hydrogen (secondary N) is 2. The van der Waals surface area contributed by atoms with Crippen LogP contribution in [0, 0.1) is 5.92 Å². The number of piperidine rings is 1. The van der Waals surface area contributed by atoms with Crippen molar-refractivity contribution in [3.05, 3.63) is 30.1 Å². The number of primary amides is 1. The Labute approximate surface area is 146 Å². The van der Waals surface area contributed by atoms with Crippen LogP contribution in [0.4, 0.5) is 0 Å². The molecule has 0 aromatic carbocycles. The summed E-state index contributed by atoms with van der Waals surface area (Å²) in [5, 5.41) is 9.87. The molecular weight excluding hydrogens is 320 g/mol. The highest BCUT2D eigenvalue weighted by molar-refractivity contribution is 5.93. The lowest BCUT2D eigenvalue weighted by Crippen LogP contribution is -2.44. The van der Waals surface area contributed by atoms with Crippen LogP contribution in [0.3, 0.4) is 0 Å². The van der Waals surface area contributed by atoms with Crippen molar-refractivity contribution in [2.24, 2.45) is 18.7 Å². The molecule has 1 atom stereocenters. The molecule has 2 amide bonds. The number of amides is 2. The van der Waals surface area contributed by atoms with Crippen LogP contribution in [0.25, 0.3) is 11.4 Å². The van der Waals surface area contributed by atoms with Gasteiger partial charge in [-0.25, -0.2) is 0 Å². The third-order valence-electron chi connectivity index (χ3n) is 4.65. The molecule has 0 aliphatic carbocycles. The van der Waals surface area contributed by atoms with Gasteiger partial charge in [0.15, 0.2) is 0 Å². The zero-order valence-electron chi connectivity index (χ0n) is 14.4. The van der Waals surface area contributed by atoms with E-state index in [4.69, 9.17) is 5.73 Å². The van der Waals surface area contributed by atoms with Crippen LogP contribution in [-0.4, -0.2) is 57.7 Å². The Morgan fingerprint density at radius 3 is 3.04 bits per heavy atom. The van der Waals surface area contributed by atoms with E-state index in [-0.39, 0.29) is 17.7 Å². The van der Waals surface area contributed by atoms with Crippen LogP contribution in [0.5, 0.6) is 0 Å². The predicted molar refractivity (Wildman–Crippen MR) is 93.7 cm³/mol. The number of aromatic amines is 1. The minimum Gasteiger partial charge on any atom is -0.369 e. The van der Waals surface area contributed by atoms with Gasteiger partial charge in [0.2, 0.25) is 5.91 Å². The van der Waals surface area contributed by atoms with Crippen LogP contribution in [-0.2, 0) is 11.8 Å². The molecule has 1 aliphatic heterocycles. The van der Waals surface area contributed by atoms with E-state index in [0.717, 1.165) is 30.8 Å². The van der Waals surface area contributed by atoms with E-state index in [2.05, 4.69) is 20.4 Å². The van der Waals surface area contributed by atoms with E-state index < -0.39 is 0 Å². The number of nitrogens with zero attached hydrogens (tertiary/aromatic N) is 3. The minimum atomic E-state index is -0.237. The average Bonchev–Trinajstić information content (AvgIpc) is 3.23. The number of carbonyl (C=O) groups excluding carboxylic acids is 2. The summed E-state index contributed by atoms with van der Waals surface area (Å²) < 4.78 is 1.95. The number of nitrogens with two attached hydrogens (primary N) is 1. The minimum absolute atomic E-state index is 0.0788. The molecule has 0 unspecified atom stereocenters. The number of likely N-dealkylation sites (tertiary alicyclic amines) is 1. The second-order valence-corrected chi connectivity index (χ2v) is 6.47. The molecule has 0 radical (unpaired) electrons. The first-order valence-electron chi connectivity index (χ1n) is 8.51. The van der Waals surface area contributed by atoms with Crippen molar-refractivity contribution >= 4 is 11.8 Å². The molecule has 0 bridgehead atoms. The summed E-state index contributed by atoms with van der Waals surface area (Å²) in [7, 11) is 1.93. The maximum atomic E-state index is 12.2. The van der Waals surface area contributed by atoms with Gasteiger partial charge in [-0.05, 0) is 37.6 Å². The average molecular weight is 344 g/mol. The fraction of sp³-hybridized carbons (Fsp3) is 0.471. The fourth-order valence-electron chi connectivity index (χ4n) is 3.21. The smallest absolute Gasteiger partial charge is 0.269 e. The van der Waals surface area contributed by atoms with Crippen molar-refractivity contribution in [1.29, 1.82) is 0 Å². The summed E-state index contributed by atoms with van der Waals surface area (Å²) in [4.78, 5) is 25.7. The second-order valence-electron chi connectivity index (χ2n) is 6.47. The summed E-state index contributed by atoms with van der Waals surface area (Å²) >= 11 is 0. The highest BCUT2D eigenvalue weighted by Crippen LogP contribution is 2.17. The van der Waals surface area contributed by atoms with Gasteiger partial charge in [-0.15, -0.1) is 0 Å². The molecule has 134 valence electrons. The van der Waals surface area contributed by atoms with Gasteiger partial charge in [-0.2, -0.15) is 5.10 Å². The lowest BCUT2D eigenvalue weighted by molar-refractivity contribution is -0.123. The standard InChI is InChI=1S/C17H24N6O2/c1-22-7-3-5-15(22)13-10-14(21-20-13)17(25)19-6-9-23-8-2-4-12(11-23)16(18)24/h3,5,7,10,12H,2,4,6,8-9,11H2,1H3,(H2,18,24)(H,19,25)(H,20,21)/t12-/m1/s1. The van der Waals surface area contributed by atoms with Crippen LogP contribution in [0.2, 0.25) is 0 Å². The van der Waals surface area contributed by atoms with E-state index in [1.165, 1.54) is 0 Å². The van der Waals surface area contributed by atoms with E-state index in [0.29, 0.717) is 25.3 Å². The third kappa shape index (κ3) is 4.08. The second kappa shape index (κ2) is 7.52. The maximum absolute atomic E-state index is 12.2. The zero-order chi connectivity index (χ0) is 17.8. The lowest BCUT2D eigenvalue weighted by Gasteiger charge is -2.30. The van der Waals surface area contributed by atoms with E-state index in [1.807, 2.05) is 29.9 Å². The zero-order valence-corrected chi connectivity index (χ0v) is 14.4. The van der Waals surface area contributed by atoms with Gasteiger partial charge in [-0.3, -0.25) is 14.7 Å². The third-order valence-corrected chi connectivity index (χ3v) is 4.65. The highest BCUT2D eigenvalue weighted by Gasteiger charge is 2.23. The van der Waals surface area contributed by atoms with Crippen molar-refractivity contribution in [1.82, 2.24) is 25.0 Å². The Hall–Kier alpha value is -2.61. The van der Waals surface area contributed by atoms with Crippen LogP contribution >= 0.6 is 0 Å². The lowest BCUT2D eigenvalue weighted by atomic mass is 9.97. The monoisotopic (exact) mass is 344 g/mol. The maximum Gasteiger partial charge on any atom is 0.269 e. The summed E-state index contributed by atoms with van der Waals surface area (Å²) in [6.07, 6.45) is 3.75. The molecule has 25 heavy (non-hydrogen) atoms. The quantitative estimate of drug-likeness (QED) is 0.702. The van der Waals surface area contributed by atoms with Crippen molar-refractivity contribution < 1.29 is 9.59 Å².